The van der Waals surface area contributed by atoms with Gasteiger partial charge in [0.1, 0.15) is 9.52 Å². The molecule has 2 nitrogen and oxygen atoms in total. The number of benzene rings is 1. The minimum Gasteiger partial charge on any atom is -0.289 e. The van der Waals surface area contributed by atoms with Crippen LogP contribution in [0, 0.1) is 0 Å². The fourth-order valence-corrected chi connectivity index (χ4v) is 5.08. The smallest absolute Gasteiger partial charge is 0.127 e. The predicted molar refractivity (Wildman–Crippen MR) is 101 cm³/mol. The van der Waals surface area contributed by atoms with Crippen LogP contribution in [0.2, 0.25) is 0 Å². The summed E-state index contributed by atoms with van der Waals surface area (Å²) in [5, 5.41) is 1.50. The maximum atomic E-state index is 4.08. The van der Waals surface area contributed by atoms with Crippen molar-refractivity contribution in [2.45, 2.75) is 46.8 Å². The maximum absolute atomic E-state index is 4.08. The zero-order valence-electron chi connectivity index (χ0n) is 15.2. The third-order valence-electron chi connectivity index (χ3n) is 4.49. The minimum atomic E-state index is 0.0840. The number of rotatable bonds is 9. The molecule has 0 aromatic heterocycles. The molecule has 3 heteroatoms. The Balaban J connectivity index is 3.17. The Bertz CT molecular complexity index is 464. The lowest BCUT2D eigenvalue weighted by atomic mass is 10.1. The quantitative estimate of drug-likeness (QED) is 0.509. The molecule has 0 saturated carbocycles. The van der Waals surface area contributed by atoms with Gasteiger partial charge in [-0.25, -0.2) is 0 Å². The summed E-state index contributed by atoms with van der Waals surface area (Å²) in [7, 11) is 0.736. The Morgan fingerprint density at radius 2 is 1.55 bits per heavy atom. The lowest BCUT2D eigenvalue weighted by Crippen LogP contribution is -2.64. The molecule has 0 amide bonds. The molecule has 0 unspecified atom stereocenters. The topological polar surface area (TPSA) is 6.48 Å². The van der Waals surface area contributed by atoms with Gasteiger partial charge in [0.2, 0.25) is 0 Å². The number of nitrogens with zero attached hydrogens (tertiary/aromatic N) is 2. The summed E-state index contributed by atoms with van der Waals surface area (Å²) in [5.41, 5.74) is 2.39. The van der Waals surface area contributed by atoms with E-state index < -0.39 is 0 Å². The Hall–Kier alpha value is -0.903. The van der Waals surface area contributed by atoms with Crippen LogP contribution in [0.1, 0.15) is 47.1 Å². The summed E-state index contributed by atoms with van der Waals surface area (Å²) in [6.07, 6.45) is 0. The zero-order valence-corrected chi connectivity index (χ0v) is 16.2. The second-order valence-electron chi connectivity index (χ2n) is 5.85. The van der Waals surface area contributed by atoms with Crippen molar-refractivity contribution < 1.29 is 0 Å². The fourth-order valence-electron chi connectivity index (χ4n) is 3.17. The summed E-state index contributed by atoms with van der Waals surface area (Å²) >= 11 is 0. The molecule has 1 aromatic rings. The lowest BCUT2D eigenvalue weighted by molar-refractivity contribution is 0.0313. The molecule has 0 aliphatic carbocycles. The Morgan fingerprint density at radius 3 is 1.95 bits per heavy atom. The van der Waals surface area contributed by atoms with Gasteiger partial charge in [-0.2, -0.15) is 0 Å². The fraction of sp³-hybridized carbons (Fsp3) is 0.579. The largest absolute Gasteiger partial charge is 0.289 e. The first-order valence-electron chi connectivity index (χ1n) is 8.47. The van der Waals surface area contributed by atoms with Gasteiger partial charge in [-0.3, -0.25) is 9.80 Å². The molecule has 0 N–H and O–H groups in total. The molecule has 22 heavy (non-hydrogen) atoms. The van der Waals surface area contributed by atoms with Crippen molar-refractivity contribution in [3.63, 3.8) is 0 Å². The number of allylic oxidation sites excluding steroid dienone is 1. The molecule has 0 heterocycles. The number of hydrogen-bond donors (Lipinski definition) is 0. The second-order valence-corrected chi connectivity index (χ2v) is 7.63. The van der Waals surface area contributed by atoms with Crippen LogP contribution in [0.15, 0.2) is 30.8 Å². The highest BCUT2D eigenvalue weighted by Gasteiger charge is 2.35. The van der Waals surface area contributed by atoms with Gasteiger partial charge >= 0.3 is 0 Å². The highest BCUT2D eigenvalue weighted by molar-refractivity contribution is 6.56. The van der Waals surface area contributed by atoms with Gasteiger partial charge in [0.25, 0.3) is 0 Å². The van der Waals surface area contributed by atoms with E-state index in [1.165, 1.54) is 10.8 Å². The highest BCUT2D eigenvalue weighted by Crippen LogP contribution is 2.19. The second kappa shape index (κ2) is 8.66. The highest BCUT2D eigenvalue weighted by atomic mass is 28.2. The molecular formula is C19H32N2Si. The molecule has 2 radical (unpaired) electrons. The van der Waals surface area contributed by atoms with Crippen LogP contribution in [0.25, 0.3) is 5.57 Å². The summed E-state index contributed by atoms with van der Waals surface area (Å²) in [5.74, 6) is 0. The van der Waals surface area contributed by atoms with Crippen LogP contribution in [-0.2, 0) is 0 Å². The van der Waals surface area contributed by atoms with Gasteiger partial charge in [-0.05, 0) is 45.6 Å². The first-order chi connectivity index (χ1) is 10.4. The van der Waals surface area contributed by atoms with Crippen LogP contribution in [0.5, 0.6) is 0 Å². The SMILES string of the molecule is C=C(C)c1cccc([Si]C(C)(N(CC)CC)N(CC)CC)c1. The molecule has 0 bridgehead atoms. The lowest BCUT2D eigenvalue weighted by Gasteiger charge is -2.48. The van der Waals surface area contributed by atoms with Crippen molar-refractivity contribution >= 4 is 20.3 Å². The summed E-state index contributed by atoms with van der Waals surface area (Å²) in [6, 6.07) is 8.89. The Morgan fingerprint density at radius 1 is 1.05 bits per heavy atom. The van der Waals surface area contributed by atoms with Crippen molar-refractivity contribution in [2.24, 2.45) is 0 Å². The van der Waals surface area contributed by atoms with E-state index in [2.05, 4.69) is 82.2 Å². The molecular weight excluding hydrogens is 284 g/mol. The Labute approximate surface area is 140 Å². The average Bonchev–Trinajstić information content (AvgIpc) is 2.49. The van der Waals surface area contributed by atoms with Crippen LogP contribution < -0.4 is 5.19 Å². The van der Waals surface area contributed by atoms with E-state index in [1.54, 1.807) is 0 Å². The Kier molecular flexibility index (Phi) is 7.53. The van der Waals surface area contributed by atoms with Crippen molar-refractivity contribution in [1.82, 2.24) is 9.80 Å². The van der Waals surface area contributed by atoms with E-state index in [9.17, 15) is 0 Å². The van der Waals surface area contributed by atoms with E-state index in [0.29, 0.717) is 0 Å². The van der Waals surface area contributed by atoms with Crippen LogP contribution in [0.3, 0.4) is 0 Å². The molecule has 1 aromatic carbocycles. The van der Waals surface area contributed by atoms with Gasteiger partial charge in [-0.15, -0.1) is 0 Å². The summed E-state index contributed by atoms with van der Waals surface area (Å²) in [4.78, 5) is 5.18. The molecule has 0 aliphatic heterocycles. The first kappa shape index (κ1) is 19.1. The van der Waals surface area contributed by atoms with Crippen LogP contribution in [-0.4, -0.2) is 50.8 Å². The van der Waals surface area contributed by atoms with Crippen LogP contribution in [0.4, 0.5) is 0 Å². The van der Waals surface area contributed by atoms with Gasteiger partial charge in [0, 0.05) is 0 Å². The molecule has 122 valence electrons. The van der Waals surface area contributed by atoms with E-state index in [-0.39, 0.29) is 5.29 Å². The van der Waals surface area contributed by atoms with E-state index in [4.69, 9.17) is 0 Å². The number of hydrogen-bond acceptors (Lipinski definition) is 2. The summed E-state index contributed by atoms with van der Waals surface area (Å²) < 4.78 is 0. The predicted octanol–water partition coefficient (Wildman–Crippen LogP) is 3.41. The zero-order chi connectivity index (χ0) is 16.8. The van der Waals surface area contributed by atoms with Gasteiger partial charge in [-0.1, -0.05) is 69.3 Å². The third kappa shape index (κ3) is 4.31. The minimum absolute atomic E-state index is 0.0840. The van der Waals surface area contributed by atoms with Gasteiger partial charge in [0.05, 0.1) is 5.29 Å². The van der Waals surface area contributed by atoms with Gasteiger partial charge in [0.15, 0.2) is 0 Å². The standard InChI is InChI=1S/C19H32N2Si/c1-8-20(9-2)19(7,21(10-3)11-4)22-18-14-12-13-17(15-18)16(5)6/h12-15H,5,8-11H2,1-4,6-7H3. The maximum Gasteiger partial charge on any atom is 0.127 e. The van der Waals surface area contributed by atoms with Crippen molar-refractivity contribution in [1.29, 1.82) is 0 Å². The van der Waals surface area contributed by atoms with Crippen LogP contribution >= 0.6 is 0 Å². The molecule has 0 spiro atoms. The van der Waals surface area contributed by atoms with Crippen molar-refractivity contribution in [3.8, 4) is 0 Å². The first-order valence-corrected chi connectivity index (χ1v) is 9.47. The molecule has 0 aliphatic rings. The average molecular weight is 317 g/mol. The third-order valence-corrected chi connectivity index (χ3v) is 6.20. The molecule has 0 atom stereocenters. The normalized spacial score (nSPS) is 12.2. The van der Waals surface area contributed by atoms with E-state index in [1.807, 2.05) is 0 Å². The monoisotopic (exact) mass is 316 g/mol. The van der Waals surface area contributed by atoms with E-state index >= 15 is 0 Å². The molecule has 1 rings (SSSR count). The molecule has 0 fully saturated rings. The van der Waals surface area contributed by atoms with Crippen molar-refractivity contribution in [3.05, 3.63) is 36.4 Å². The van der Waals surface area contributed by atoms with E-state index in [0.717, 1.165) is 41.3 Å². The molecule has 0 saturated heterocycles. The summed E-state index contributed by atoms with van der Waals surface area (Å²) in [6.45, 7) is 21.9. The van der Waals surface area contributed by atoms with Crippen molar-refractivity contribution in [2.75, 3.05) is 26.2 Å². The van der Waals surface area contributed by atoms with Gasteiger partial charge < -0.3 is 0 Å².